The zero-order valence-corrected chi connectivity index (χ0v) is 10.3. The molecular formula is C10H17ClN4. The molecule has 0 amide bonds. The molecule has 0 aliphatic rings. The molecule has 0 saturated heterocycles. The van der Waals surface area contributed by atoms with Crippen LogP contribution in [0.3, 0.4) is 0 Å². The van der Waals surface area contributed by atoms with E-state index in [1.165, 1.54) is 0 Å². The monoisotopic (exact) mass is 228 g/mol. The number of hydrogen-bond donors (Lipinski definition) is 1. The summed E-state index contributed by atoms with van der Waals surface area (Å²) in [6, 6.07) is 0.287. The standard InChI is InChI=1S/C10H17ClN4/c1-6(2)5-8-13-9(11)15-10(14-8)12-7(3)4/h6-7H,5H2,1-4H3,(H,12,13,14,15). The van der Waals surface area contributed by atoms with Gasteiger partial charge in [-0.1, -0.05) is 13.8 Å². The van der Waals surface area contributed by atoms with Crippen LogP contribution < -0.4 is 5.32 Å². The molecule has 1 N–H and O–H groups in total. The molecule has 0 aromatic carbocycles. The largest absolute Gasteiger partial charge is 0.352 e. The molecule has 84 valence electrons. The molecule has 0 fully saturated rings. The van der Waals surface area contributed by atoms with Crippen LogP contribution in [0.1, 0.15) is 33.5 Å². The van der Waals surface area contributed by atoms with E-state index < -0.39 is 0 Å². The van der Waals surface area contributed by atoms with Crippen molar-refractivity contribution in [2.24, 2.45) is 5.92 Å². The topological polar surface area (TPSA) is 50.7 Å². The lowest BCUT2D eigenvalue weighted by Gasteiger charge is -2.09. The van der Waals surface area contributed by atoms with Crippen molar-refractivity contribution >= 4 is 17.5 Å². The first-order valence-electron chi connectivity index (χ1n) is 5.14. The third kappa shape index (κ3) is 4.42. The Morgan fingerprint density at radius 2 is 1.80 bits per heavy atom. The predicted molar refractivity (Wildman–Crippen MR) is 62.1 cm³/mol. The molecule has 15 heavy (non-hydrogen) atoms. The van der Waals surface area contributed by atoms with E-state index in [9.17, 15) is 0 Å². The zero-order chi connectivity index (χ0) is 11.4. The van der Waals surface area contributed by atoms with E-state index in [4.69, 9.17) is 11.6 Å². The van der Waals surface area contributed by atoms with Gasteiger partial charge in [-0.3, -0.25) is 0 Å². The van der Waals surface area contributed by atoms with Gasteiger partial charge in [0.2, 0.25) is 11.2 Å². The minimum absolute atomic E-state index is 0.254. The Labute approximate surface area is 95.5 Å². The molecule has 0 atom stereocenters. The molecule has 0 bridgehead atoms. The molecule has 5 heteroatoms. The summed E-state index contributed by atoms with van der Waals surface area (Å²) in [4.78, 5) is 12.4. The Kier molecular flexibility index (Phi) is 4.27. The van der Waals surface area contributed by atoms with Crippen LogP contribution in [-0.4, -0.2) is 21.0 Å². The van der Waals surface area contributed by atoms with Crippen molar-refractivity contribution in [2.75, 3.05) is 5.32 Å². The average Bonchev–Trinajstić information content (AvgIpc) is 1.98. The minimum atomic E-state index is 0.254. The highest BCUT2D eigenvalue weighted by Gasteiger charge is 2.07. The van der Waals surface area contributed by atoms with E-state index in [0.717, 1.165) is 12.2 Å². The van der Waals surface area contributed by atoms with E-state index in [0.29, 0.717) is 11.9 Å². The van der Waals surface area contributed by atoms with Crippen LogP contribution in [0.5, 0.6) is 0 Å². The van der Waals surface area contributed by atoms with E-state index in [1.807, 2.05) is 13.8 Å². The maximum Gasteiger partial charge on any atom is 0.227 e. The van der Waals surface area contributed by atoms with Crippen LogP contribution in [-0.2, 0) is 6.42 Å². The van der Waals surface area contributed by atoms with E-state index in [2.05, 4.69) is 34.1 Å². The Morgan fingerprint density at radius 1 is 1.13 bits per heavy atom. The molecule has 0 spiro atoms. The first-order valence-corrected chi connectivity index (χ1v) is 5.52. The highest BCUT2D eigenvalue weighted by molar-refractivity contribution is 6.28. The fourth-order valence-electron chi connectivity index (χ4n) is 1.17. The molecule has 4 nitrogen and oxygen atoms in total. The average molecular weight is 229 g/mol. The summed E-state index contributed by atoms with van der Waals surface area (Å²) in [6.07, 6.45) is 0.814. The molecule has 1 aromatic rings. The second kappa shape index (κ2) is 5.26. The van der Waals surface area contributed by atoms with Gasteiger partial charge in [0, 0.05) is 12.5 Å². The fourth-order valence-corrected chi connectivity index (χ4v) is 1.35. The summed E-state index contributed by atoms with van der Waals surface area (Å²) < 4.78 is 0. The molecule has 0 aliphatic heterocycles. The summed E-state index contributed by atoms with van der Waals surface area (Å²) >= 11 is 5.81. The molecule has 0 radical (unpaired) electrons. The lowest BCUT2D eigenvalue weighted by molar-refractivity contribution is 0.617. The van der Waals surface area contributed by atoms with Gasteiger partial charge in [0.05, 0.1) is 0 Å². The Balaban J connectivity index is 2.84. The first-order chi connectivity index (χ1) is 6.97. The van der Waals surface area contributed by atoms with Gasteiger partial charge < -0.3 is 5.32 Å². The molecule has 0 saturated carbocycles. The first kappa shape index (κ1) is 12.2. The van der Waals surface area contributed by atoms with Gasteiger partial charge >= 0.3 is 0 Å². The number of nitrogens with one attached hydrogen (secondary N) is 1. The molecule has 0 aliphatic carbocycles. The Morgan fingerprint density at radius 3 is 2.33 bits per heavy atom. The van der Waals surface area contributed by atoms with Gasteiger partial charge in [-0.25, -0.2) is 4.98 Å². The SMILES string of the molecule is CC(C)Cc1nc(Cl)nc(NC(C)C)n1. The normalized spacial score (nSPS) is 11.1. The van der Waals surface area contributed by atoms with Crippen molar-refractivity contribution in [3.63, 3.8) is 0 Å². The number of halogens is 1. The number of nitrogens with zero attached hydrogens (tertiary/aromatic N) is 3. The summed E-state index contributed by atoms with van der Waals surface area (Å²) in [7, 11) is 0. The van der Waals surface area contributed by atoms with Crippen LogP contribution in [0.2, 0.25) is 5.28 Å². The summed E-state index contributed by atoms with van der Waals surface area (Å²) in [5, 5.41) is 3.37. The summed E-state index contributed by atoms with van der Waals surface area (Å²) in [6.45, 7) is 8.29. The third-order valence-corrected chi connectivity index (χ3v) is 1.83. The Hall–Kier alpha value is -0.900. The highest BCUT2D eigenvalue weighted by atomic mass is 35.5. The van der Waals surface area contributed by atoms with E-state index in [-0.39, 0.29) is 11.3 Å². The van der Waals surface area contributed by atoms with Crippen LogP contribution >= 0.6 is 11.6 Å². The number of hydrogen-bond acceptors (Lipinski definition) is 4. The highest BCUT2D eigenvalue weighted by Crippen LogP contribution is 2.10. The Bertz CT molecular complexity index is 297. The fraction of sp³-hybridized carbons (Fsp3) is 0.700. The quantitative estimate of drug-likeness (QED) is 0.861. The number of anilines is 1. The number of rotatable bonds is 4. The van der Waals surface area contributed by atoms with Gasteiger partial charge in [-0.2, -0.15) is 9.97 Å². The van der Waals surface area contributed by atoms with Crippen molar-refractivity contribution < 1.29 is 0 Å². The van der Waals surface area contributed by atoms with Gasteiger partial charge in [-0.15, -0.1) is 0 Å². The second-order valence-electron chi connectivity index (χ2n) is 4.24. The van der Waals surface area contributed by atoms with Crippen LogP contribution in [0, 0.1) is 5.92 Å². The van der Waals surface area contributed by atoms with E-state index in [1.54, 1.807) is 0 Å². The van der Waals surface area contributed by atoms with Crippen molar-refractivity contribution in [2.45, 2.75) is 40.2 Å². The van der Waals surface area contributed by atoms with Gasteiger partial charge in [0.1, 0.15) is 5.82 Å². The van der Waals surface area contributed by atoms with Gasteiger partial charge in [0.25, 0.3) is 0 Å². The predicted octanol–water partition coefficient (Wildman–Crippen LogP) is 2.54. The van der Waals surface area contributed by atoms with Gasteiger partial charge in [0.15, 0.2) is 0 Å². The van der Waals surface area contributed by atoms with Crippen molar-refractivity contribution in [1.29, 1.82) is 0 Å². The van der Waals surface area contributed by atoms with Crippen LogP contribution in [0.15, 0.2) is 0 Å². The number of aromatic nitrogens is 3. The van der Waals surface area contributed by atoms with Crippen LogP contribution in [0.25, 0.3) is 0 Å². The molecule has 1 heterocycles. The van der Waals surface area contributed by atoms with Crippen molar-refractivity contribution in [3.8, 4) is 0 Å². The van der Waals surface area contributed by atoms with Gasteiger partial charge in [-0.05, 0) is 31.4 Å². The molecule has 1 aromatic heterocycles. The maximum atomic E-state index is 5.81. The molecule has 1 rings (SSSR count). The zero-order valence-electron chi connectivity index (χ0n) is 9.58. The summed E-state index contributed by atoms with van der Waals surface area (Å²) in [5.41, 5.74) is 0. The van der Waals surface area contributed by atoms with Crippen molar-refractivity contribution in [1.82, 2.24) is 15.0 Å². The third-order valence-electron chi connectivity index (χ3n) is 1.66. The lowest BCUT2D eigenvalue weighted by Crippen LogP contribution is -2.14. The lowest BCUT2D eigenvalue weighted by atomic mass is 10.1. The molecule has 0 unspecified atom stereocenters. The minimum Gasteiger partial charge on any atom is -0.352 e. The van der Waals surface area contributed by atoms with Crippen LogP contribution in [0.4, 0.5) is 5.95 Å². The maximum absolute atomic E-state index is 5.81. The smallest absolute Gasteiger partial charge is 0.227 e. The van der Waals surface area contributed by atoms with E-state index >= 15 is 0 Å². The molecular weight excluding hydrogens is 212 g/mol. The second-order valence-corrected chi connectivity index (χ2v) is 4.58. The summed E-state index contributed by atoms with van der Waals surface area (Å²) in [5.74, 6) is 1.81. The van der Waals surface area contributed by atoms with Crippen molar-refractivity contribution in [3.05, 3.63) is 11.1 Å².